The molecule has 0 unspecified atom stereocenters. The Labute approximate surface area is 136 Å². The average Bonchev–Trinajstić information content (AvgIpc) is 2.61. The fourth-order valence-corrected chi connectivity index (χ4v) is 2.69. The van der Waals surface area contributed by atoms with E-state index in [9.17, 15) is 0 Å². The highest BCUT2D eigenvalue weighted by Crippen LogP contribution is 2.16. The molecule has 0 saturated carbocycles. The van der Waals surface area contributed by atoms with Gasteiger partial charge in [0, 0.05) is 32.4 Å². The molecule has 122 valence electrons. The Hall–Kier alpha value is -2.18. The monoisotopic (exact) mass is 314 g/mol. The second-order valence-electron chi connectivity index (χ2n) is 5.57. The minimum atomic E-state index is 0.149. The van der Waals surface area contributed by atoms with Gasteiger partial charge < -0.3 is 14.8 Å². The van der Waals surface area contributed by atoms with Crippen molar-refractivity contribution in [2.24, 2.45) is 0 Å². The van der Waals surface area contributed by atoms with Gasteiger partial charge in [0.15, 0.2) is 0 Å². The van der Waals surface area contributed by atoms with E-state index in [1.165, 1.54) is 5.56 Å². The van der Waals surface area contributed by atoms with Crippen molar-refractivity contribution in [1.29, 1.82) is 0 Å². The van der Waals surface area contributed by atoms with E-state index < -0.39 is 0 Å². The molecule has 1 aromatic heterocycles. The molecule has 0 spiro atoms. The van der Waals surface area contributed by atoms with Gasteiger partial charge in [0.1, 0.15) is 11.6 Å². The highest BCUT2D eigenvalue weighted by molar-refractivity contribution is 5.31. The molecular weight excluding hydrogens is 292 g/mol. The van der Waals surface area contributed by atoms with Gasteiger partial charge in [0.2, 0.25) is 0 Å². The Morgan fingerprint density at radius 1 is 1.35 bits per heavy atom. The molecule has 0 radical (unpaired) electrons. The van der Waals surface area contributed by atoms with E-state index in [0.29, 0.717) is 0 Å². The van der Waals surface area contributed by atoms with Crippen LogP contribution in [0.4, 0.5) is 5.82 Å². The fraction of sp³-hybridized carbons (Fsp3) is 0.412. The molecule has 6 nitrogen and oxygen atoms in total. The van der Waals surface area contributed by atoms with Crippen LogP contribution in [0.25, 0.3) is 0 Å². The van der Waals surface area contributed by atoms with Crippen molar-refractivity contribution in [1.82, 2.24) is 15.1 Å². The summed E-state index contributed by atoms with van der Waals surface area (Å²) in [5, 5.41) is 11.2. The fourth-order valence-electron chi connectivity index (χ4n) is 2.69. The lowest BCUT2D eigenvalue weighted by Gasteiger charge is -2.33. The van der Waals surface area contributed by atoms with Crippen LogP contribution >= 0.6 is 0 Å². The third kappa shape index (κ3) is 4.64. The van der Waals surface area contributed by atoms with Crippen LogP contribution in [0.2, 0.25) is 0 Å². The van der Waals surface area contributed by atoms with Crippen LogP contribution in [0.5, 0.6) is 5.75 Å². The van der Waals surface area contributed by atoms with Crippen molar-refractivity contribution < 1.29 is 9.47 Å². The van der Waals surface area contributed by atoms with Crippen LogP contribution in [-0.4, -0.2) is 54.6 Å². The molecule has 3 rings (SSSR count). The summed E-state index contributed by atoms with van der Waals surface area (Å²) < 4.78 is 11.1. The Bertz CT molecular complexity index is 609. The van der Waals surface area contributed by atoms with Crippen LogP contribution < -0.4 is 10.1 Å². The number of ether oxygens (including phenoxy) is 2. The molecule has 1 atom stereocenters. The van der Waals surface area contributed by atoms with Crippen LogP contribution in [0.1, 0.15) is 5.56 Å². The van der Waals surface area contributed by atoms with Gasteiger partial charge in [-0.1, -0.05) is 12.1 Å². The summed E-state index contributed by atoms with van der Waals surface area (Å²) >= 11 is 0. The standard InChI is InChI=1S/C17H22N4O2/c1-22-15-5-2-4-14(10-15)12-21-8-9-23-16(13-21)11-18-17-6-3-7-19-20-17/h2-7,10,16H,8-9,11-13H2,1H3,(H,18,20)/t16-/m1/s1. The lowest BCUT2D eigenvalue weighted by atomic mass is 10.1. The van der Waals surface area contributed by atoms with Crippen LogP contribution in [0.3, 0.4) is 0 Å². The SMILES string of the molecule is COc1cccc(CN2CCO[C@H](CNc3cccnn3)C2)c1. The minimum Gasteiger partial charge on any atom is -0.497 e. The number of benzene rings is 1. The minimum absolute atomic E-state index is 0.149. The van der Waals surface area contributed by atoms with E-state index in [0.717, 1.165) is 44.4 Å². The second-order valence-corrected chi connectivity index (χ2v) is 5.57. The number of aromatic nitrogens is 2. The number of nitrogens with zero attached hydrogens (tertiary/aromatic N) is 3. The topological polar surface area (TPSA) is 59.5 Å². The van der Waals surface area contributed by atoms with Crippen LogP contribution in [0, 0.1) is 0 Å². The number of rotatable bonds is 6. The largest absolute Gasteiger partial charge is 0.497 e. The summed E-state index contributed by atoms with van der Waals surface area (Å²) in [4.78, 5) is 2.40. The predicted octanol–water partition coefficient (Wildman–Crippen LogP) is 1.80. The molecule has 1 saturated heterocycles. The number of hydrogen-bond donors (Lipinski definition) is 1. The van der Waals surface area contributed by atoms with Crippen molar-refractivity contribution in [2.45, 2.75) is 12.6 Å². The maximum Gasteiger partial charge on any atom is 0.148 e. The van der Waals surface area contributed by atoms with Gasteiger partial charge in [-0.25, -0.2) is 0 Å². The zero-order chi connectivity index (χ0) is 15.9. The average molecular weight is 314 g/mol. The van der Waals surface area contributed by atoms with E-state index in [-0.39, 0.29) is 6.10 Å². The van der Waals surface area contributed by atoms with Gasteiger partial charge >= 0.3 is 0 Å². The maximum atomic E-state index is 5.84. The summed E-state index contributed by atoms with van der Waals surface area (Å²) in [6.07, 6.45) is 1.81. The number of hydrogen-bond acceptors (Lipinski definition) is 6. The Kier molecular flexibility index (Phi) is 5.39. The lowest BCUT2D eigenvalue weighted by molar-refractivity contribution is -0.0240. The Morgan fingerprint density at radius 3 is 3.13 bits per heavy atom. The molecule has 1 aromatic carbocycles. The van der Waals surface area contributed by atoms with Gasteiger partial charge in [0.25, 0.3) is 0 Å². The quantitative estimate of drug-likeness (QED) is 0.877. The third-order valence-electron chi connectivity index (χ3n) is 3.85. The maximum absolute atomic E-state index is 5.84. The molecule has 2 aromatic rings. The zero-order valence-corrected chi connectivity index (χ0v) is 13.3. The number of nitrogens with one attached hydrogen (secondary N) is 1. The van der Waals surface area contributed by atoms with Crippen molar-refractivity contribution in [3.63, 3.8) is 0 Å². The summed E-state index contributed by atoms with van der Waals surface area (Å²) in [6, 6.07) is 12.0. The molecule has 2 heterocycles. The molecule has 0 bridgehead atoms. The first-order chi connectivity index (χ1) is 11.3. The molecule has 6 heteroatoms. The van der Waals surface area contributed by atoms with Crippen LogP contribution in [-0.2, 0) is 11.3 Å². The van der Waals surface area contributed by atoms with Gasteiger partial charge in [-0.15, -0.1) is 5.10 Å². The van der Waals surface area contributed by atoms with Gasteiger partial charge in [0.05, 0.1) is 19.8 Å². The molecule has 0 amide bonds. The van der Waals surface area contributed by atoms with Crippen molar-refractivity contribution >= 4 is 5.82 Å². The molecule has 23 heavy (non-hydrogen) atoms. The molecule has 1 N–H and O–H groups in total. The van der Waals surface area contributed by atoms with E-state index in [2.05, 4.69) is 32.5 Å². The molecule has 1 aliphatic heterocycles. The highest BCUT2D eigenvalue weighted by atomic mass is 16.5. The van der Waals surface area contributed by atoms with Gasteiger partial charge in [-0.05, 0) is 29.8 Å². The summed E-state index contributed by atoms with van der Waals surface area (Å²) in [5.74, 6) is 1.68. The van der Waals surface area contributed by atoms with Crippen molar-refractivity contribution in [3.05, 3.63) is 48.2 Å². The van der Waals surface area contributed by atoms with Gasteiger partial charge in [-0.2, -0.15) is 5.10 Å². The first kappa shape index (κ1) is 15.7. The lowest BCUT2D eigenvalue weighted by Crippen LogP contribution is -2.44. The summed E-state index contributed by atoms with van der Waals surface area (Å²) in [5.41, 5.74) is 1.26. The first-order valence-electron chi connectivity index (χ1n) is 7.82. The second kappa shape index (κ2) is 7.89. The number of anilines is 1. The summed E-state index contributed by atoms with van der Waals surface area (Å²) in [6.45, 7) is 4.22. The van der Waals surface area contributed by atoms with E-state index >= 15 is 0 Å². The smallest absolute Gasteiger partial charge is 0.148 e. The Balaban J connectivity index is 1.51. The molecule has 1 fully saturated rings. The first-order valence-corrected chi connectivity index (χ1v) is 7.82. The molecule has 0 aliphatic carbocycles. The molecule has 1 aliphatic rings. The molecular formula is C17H22N4O2. The van der Waals surface area contributed by atoms with Crippen molar-refractivity contribution in [2.75, 3.05) is 38.7 Å². The highest BCUT2D eigenvalue weighted by Gasteiger charge is 2.20. The number of morpholine rings is 1. The van der Waals surface area contributed by atoms with Crippen molar-refractivity contribution in [3.8, 4) is 5.75 Å². The van der Waals surface area contributed by atoms with Gasteiger partial charge in [-0.3, -0.25) is 4.90 Å². The third-order valence-corrected chi connectivity index (χ3v) is 3.85. The number of methoxy groups -OCH3 is 1. The van der Waals surface area contributed by atoms with E-state index in [4.69, 9.17) is 9.47 Å². The predicted molar refractivity (Wildman–Crippen MR) is 88.5 cm³/mol. The van der Waals surface area contributed by atoms with Crippen LogP contribution in [0.15, 0.2) is 42.6 Å². The van der Waals surface area contributed by atoms with E-state index in [1.54, 1.807) is 13.3 Å². The zero-order valence-electron chi connectivity index (χ0n) is 13.3. The summed E-state index contributed by atoms with van der Waals surface area (Å²) in [7, 11) is 1.70. The van der Waals surface area contributed by atoms with E-state index in [1.807, 2.05) is 24.3 Å². The Morgan fingerprint density at radius 2 is 2.30 bits per heavy atom. The normalized spacial score (nSPS) is 18.6.